The highest BCUT2D eigenvalue weighted by atomic mass is 35.5. The van der Waals surface area contributed by atoms with Crippen molar-refractivity contribution in [3.63, 3.8) is 0 Å². The second-order valence-corrected chi connectivity index (χ2v) is 6.80. The SMILES string of the molecule is O=[N+]([O-])c1ccc(Cl)c(C2N(c3ccccc3)CCN2c2ccccc2)c1. The van der Waals surface area contributed by atoms with Crippen LogP contribution in [0.15, 0.2) is 78.9 Å². The Morgan fingerprint density at radius 1 is 0.852 bits per heavy atom. The molecule has 5 nitrogen and oxygen atoms in total. The molecule has 0 amide bonds. The molecule has 3 aromatic rings. The number of hydrogen-bond acceptors (Lipinski definition) is 4. The quantitative estimate of drug-likeness (QED) is 0.457. The summed E-state index contributed by atoms with van der Waals surface area (Å²) in [6.45, 7) is 1.59. The van der Waals surface area contributed by atoms with Crippen molar-refractivity contribution in [3.8, 4) is 0 Å². The Kier molecular flexibility index (Phi) is 4.69. The Labute approximate surface area is 162 Å². The van der Waals surface area contributed by atoms with Gasteiger partial charge in [0.25, 0.3) is 5.69 Å². The Hall–Kier alpha value is -3.05. The first-order valence-electron chi connectivity index (χ1n) is 8.72. The molecule has 1 saturated heterocycles. The van der Waals surface area contributed by atoms with Crippen LogP contribution in [0.2, 0.25) is 5.02 Å². The summed E-state index contributed by atoms with van der Waals surface area (Å²) in [5.74, 6) is 0. The lowest BCUT2D eigenvalue weighted by Gasteiger charge is -2.33. The first-order valence-corrected chi connectivity index (χ1v) is 9.10. The van der Waals surface area contributed by atoms with Crippen LogP contribution in [0, 0.1) is 10.1 Å². The van der Waals surface area contributed by atoms with Crippen molar-refractivity contribution < 1.29 is 4.92 Å². The van der Waals surface area contributed by atoms with Gasteiger partial charge in [-0.3, -0.25) is 10.1 Å². The fourth-order valence-electron chi connectivity index (χ4n) is 3.59. The maximum atomic E-state index is 11.3. The van der Waals surface area contributed by atoms with E-state index in [0.29, 0.717) is 5.02 Å². The molecule has 0 unspecified atom stereocenters. The van der Waals surface area contributed by atoms with Gasteiger partial charge in [-0.05, 0) is 30.3 Å². The number of anilines is 2. The summed E-state index contributed by atoms with van der Waals surface area (Å²) in [5.41, 5.74) is 2.89. The zero-order chi connectivity index (χ0) is 18.8. The molecule has 0 saturated carbocycles. The van der Waals surface area contributed by atoms with Gasteiger partial charge in [-0.25, -0.2) is 0 Å². The maximum absolute atomic E-state index is 11.3. The molecule has 1 fully saturated rings. The second kappa shape index (κ2) is 7.29. The number of rotatable bonds is 4. The molecular formula is C21H18ClN3O2. The van der Waals surface area contributed by atoms with E-state index in [4.69, 9.17) is 11.6 Å². The fourth-order valence-corrected chi connectivity index (χ4v) is 3.80. The molecule has 1 aliphatic heterocycles. The third kappa shape index (κ3) is 3.34. The molecule has 6 heteroatoms. The smallest absolute Gasteiger partial charge is 0.269 e. The lowest BCUT2D eigenvalue weighted by atomic mass is 10.1. The van der Waals surface area contributed by atoms with Crippen LogP contribution in [-0.2, 0) is 0 Å². The highest BCUT2D eigenvalue weighted by molar-refractivity contribution is 6.31. The van der Waals surface area contributed by atoms with Crippen LogP contribution in [0.4, 0.5) is 17.1 Å². The number of hydrogen-bond donors (Lipinski definition) is 0. The second-order valence-electron chi connectivity index (χ2n) is 6.39. The zero-order valence-electron chi connectivity index (χ0n) is 14.5. The van der Waals surface area contributed by atoms with Gasteiger partial charge in [0, 0.05) is 47.2 Å². The van der Waals surface area contributed by atoms with E-state index in [1.54, 1.807) is 12.1 Å². The van der Waals surface area contributed by atoms with Crippen molar-refractivity contribution in [1.29, 1.82) is 0 Å². The van der Waals surface area contributed by atoms with Gasteiger partial charge < -0.3 is 9.80 Å². The van der Waals surface area contributed by atoms with Gasteiger partial charge >= 0.3 is 0 Å². The Balaban J connectivity index is 1.84. The number of nitrogens with zero attached hydrogens (tertiary/aromatic N) is 3. The lowest BCUT2D eigenvalue weighted by molar-refractivity contribution is -0.384. The molecule has 0 radical (unpaired) electrons. The first-order chi connectivity index (χ1) is 13.1. The minimum atomic E-state index is -0.380. The number of benzene rings is 3. The average Bonchev–Trinajstić information content (AvgIpc) is 3.14. The summed E-state index contributed by atoms with van der Waals surface area (Å²) in [4.78, 5) is 15.4. The zero-order valence-corrected chi connectivity index (χ0v) is 15.3. The van der Waals surface area contributed by atoms with E-state index in [2.05, 4.69) is 9.80 Å². The van der Waals surface area contributed by atoms with E-state index in [9.17, 15) is 10.1 Å². The predicted molar refractivity (Wildman–Crippen MR) is 108 cm³/mol. The highest BCUT2D eigenvalue weighted by Crippen LogP contribution is 2.41. The van der Waals surface area contributed by atoms with E-state index >= 15 is 0 Å². The molecule has 0 atom stereocenters. The standard InChI is InChI=1S/C21H18ClN3O2/c22-20-12-11-18(25(26)27)15-19(20)21-23(16-7-3-1-4-8-16)13-14-24(21)17-9-5-2-6-10-17/h1-12,15,21H,13-14H2. The van der Waals surface area contributed by atoms with Gasteiger partial charge in [0.15, 0.2) is 0 Å². The van der Waals surface area contributed by atoms with Crippen LogP contribution in [-0.4, -0.2) is 18.0 Å². The van der Waals surface area contributed by atoms with Gasteiger partial charge in [-0.15, -0.1) is 0 Å². The molecular weight excluding hydrogens is 362 g/mol. The van der Waals surface area contributed by atoms with Crippen molar-refractivity contribution in [1.82, 2.24) is 0 Å². The maximum Gasteiger partial charge on any atom is 0.269 e. The molecule has 0 N–H and O–H groups in total. The number of nitro benzene ring substituents is 1. The first kappa shape index (κ1) is 17.4. The number of halogens is 1. The van der Waals surface area contributed by atoms with E-state index < -0.39 is 0 Å². The Bertz CT molecular complexity index is 903. The predicted octanol–water partition coefficient (Wildman–Crippen LogP) is 5.27. The van der Waals surface area contributed by atoms with Gasteiger partial charge in [0.2, 0.25) is 0 Å². The highest BCUT2D eigenvalue weighted by Gasteiger charge is 2.35. The number of nitro groups is 1. The van der Waals surface area contributed by atoms with Crippen LogP contribution in [0.1, 0.15) is 11.7 Å². The van der Waals surface area contributed by atoms with Gasteiger partial charge in [0.05, 0.1) is 4.92 Å². The van der Waals surface area contributed by atoms with Crippen molar-refractivity contribution in [2.24, 2.45) is 0 Å². The van der Waals surface area contributed by atoms with Crippen LogP contribution in [0.3, 0.4) is 0 Å². The van der Waals surface area contributed by atoms with E-state index in [-0.39, 0.29) is 16.8 Å². The summed E-state index contributed by atoms with van der Waals surface area (Å²) in [7, 11) is 0. The monoisotopic (exact) mass is 379 g/mol. The minimum absolute atomic E-state index is 0.0438. The van der Waals surface area contributed by atoms with Gasteiger partial charge in [-0.2, -0.15) is 0 Å². The van der Waals surface area contributed by atoms with Crippen molar-refractivity contribution in [2.75, 3.05) is 22.9 Å². The van der Waals surface area contributed by atoms with Gasteiger partial charge in [-0.1, -0.05) is 48.0 Å². The summed E-state index contributed by atoms with van der Waals surface area (Å²) in [6.07, 6.45) is -0.220. The molecule has 27 heavy (non-hydrogen) atoms. The van der Waals surface area contributed by atoms with E-state index in [1.165, 1.54) is 6.07 Å². The normalized spacial score (nSPS) is 14.6. The van der Waals surface area contributed by atoms with Crippen LogP contribution >= 0.6 is 11.6 Å². The topological polar surface area (TPSA) is 49.6 Å². The summed E-state index contributed by atoms with van der Waals surface area (Å²) >= 11 is 6.51. The van der Waals surface area contributed by atoms with Crippen molar-refractivity contribution in [2.45, 2.75) is 6.17 Å². The molecule has 0 spiro atoms. The molecule has 136 valence electrons. The third-order valence-electron chi connectivity index (χ3n) is 4.82. The fraction of sp³-hybridized carbons (Fsp3) is 0.143. The van der Waals surface area contributed by atoms with Gasteiger partial charge in [0.1, 0.15) is 6.17 Å². The largest absolute Gasteiger partial charge is 0.346 e. The van der Waals surface area contributed by atoms with Crippen LogP contribution < -0.4 is 9.80 Å². The summed E-state index contributed by atoms with van der Waals surface area (Å²) in [5, 5.41) is 11.8. The van der Waals surface area contributed by atoms with Crippen LogP contribution in [0.25, 0.3) is 0 Å². The number of non-ortho nitro benzene ring substituents is 1. The third-order valence-corrected chi connectivity index (χ3v) is 5.16. The molecule has 3 aromatic carbocycles. The Morgan fingerprint density at radius 2 is 1.37 bits per heavy atom. The van der Waals surface area contributed by atoms with E-state index in [0.717, 1.165) is 30.0 Å². The minimum Gasteiger partial charge on any atom is -0.346 e. The van der Waals surface area contributed by atoms with Crippen molar-refractivity contribution >= 4 is 28.7 Å². The van der Waals surface area contributed by atoms with Crippen LogP contribution in [0.5, 0.6) is 0 Å². The van der Waals surface area contributed by atoms with Crippen molar-refractivity contribution in [3.05, 3.63) is 99.6 Å². The molecule has 0 aliphatic carbocycles. The summed E-state index contributed by atoms with van der Waals surface area (Å²) < 4.78 is 0. The Morgan fingerprint density at radius 3 is 1.85 bits per heavy atom. The molecule has 0 aromatic heterocycles. The molecule has 1 aliphatic rings. The average molecular weight is 380 g/mol. The molecule has 4 rings (SSSR count). The van der Waals surface area contributed by atoms with E-state index in [1.807, 2.05) is 60.7 Å². The molecule has 1 heterocycles. The molecule has 0 bridgehead atoms. The lowest BCUT2D eigenvalue weighted by Crippen LogP contribution is -2.31. The summed E-state index contributed by atoms with van der Waals surface area (Å²) in [6, 6.07) is 24.8. The number of para-hydroxylation sites is 2.